The van der Waals surface area contributed by atoms with Gasteiger partial charge < -0.3 is 0 Å². The van der Waals surface area contributed by atoms with E-state index in [2.05, 4.69) is 15.5 Å². The van der Waals surface area contributed by atoms with Gasteiger partial charge in [-0.05, 0) is 22.6 Å². The molecule has 4 nitrogen and oxygen atoms in total. The number of halogens is 1. The predicted octanol–water partition coefficient (Wildman–Crippen LogP) is 0.801. The molecule has 0 aliphatic carbocycles. The van der Waals surface area contributed by atoms with Crippen molar-refractivity contribution in [1.82, 2.24) is 20.2 Å². The summed E-state index contributed by atoms with van der Waals surface area (Å²) in [6, 6.07) is 6.30. The van der Waals surface area contributed by atoms with Crippen molar-refractivity contribution in [3.63, 3.8) is 0 Å². The van der Waals surface area contributed by atoms with Crippen LogP contribution in [-0.4, -0.2) is 20.2 Å². The standard InChI is InChI=1S/C7H5FN4/c8-6-3-1-2-4-7(6)12-5-9-10-11-12/h1-5H. The number of hydrogen-bond acceptors (Lipinski definition) is 3. The minimum absolute atomic E-state index is 0.343. The van der Waals surface area contributed by atoms with Gasteiger partial charge in [0.25, 0.3) is 0 Å². The third-order valence-electron chi connectivity index (χ3n) is 1.45. The summed E-state index contributed by atoms with van der Waals surface area (Å²) in [4.78, 5) is 0. The van der Waals surface area contributed by atoms with Crippen molar-refractivity contribution >= 4 is 0 Å². The number of hydrogen-bond donors (Lipinski definition) is 0. The van der Waals surface area contributed by atoms with Crippen LogP contribution in [0.25, 0.3) is 5.69 Å². The lowest BCUT2D eigenvalue weighted by molar-refractivity contribution is 0.607. The Balaban J connectivity index is 2.55. The molecule has 0 aliphatic rings. The molecule has 0 saturated carbocycles. The van der Waals surface area contributed by atoms with Crippen LogP contribution in [0, 0.1) is 5.82 Å². The molecule has 1 aromatic carbocycles. The quantitative estimate of drug-likeness (QED) is 0.626. The Kier molecular flexibility index (Phi) is 1.55. The highest BCUT2D eigenvalue weighted by Gasteiger charge is 2.02. The van der Waals surface area contributed by atoms with Crippen molar-refractivity contribution < 1.29 is 4.39 Å². The lowest BCUT2D eigenvalue weighted by atomic mass is 10.3. The first-order valence-corrected chi connectivity index (χ1v) is 3.36. The van der Waals surface area contributed by atoms with Crippen LogP contribution < -0.4 is 0 Å². The molecular weight excluding hydrogens is 159 g/mol. The number of para-hydroxylation sites is 1. The van der Waals surface area contributed by atoms with Crippen LogP contribution in [0.5, 0.6) is 0 Å². The molecule has 0 fully saturated rings. The summed E-state index contributed by atoms with van der Waals surface area (Å²) in [5.74, 6) is -0.343. The fourth-order valence-electron chi connectivity index (χ4n) is 0.909. The molecule has 0 aliphatic heterocycles. The SMILES string of the molecule is Fc1ccccc1-n1cnnn1. The van der Waals surface area contributed by atoms with Crippen molar-refractivity contribution in [3.8, 4) is 5.69 Å². The van der Waals surface area contributed by atoms with Crippen molar-refractivity contribution in [2.75, 3.05) is 0 Å². The topological polar surface area (TPSA) is 43.6 Å². The van der Waals surface area contributed by atoms with Gasteiger partial charge >= 0.3 is 0 Å². The lowest BCUT2D eigenvalue weighted by Gasteiger charge is -1.98. The van der Waals surface area contributed by atoms with Crippen LogP contribution in [0.3, 0.4) is 0 Å². The van der Waals surface area contributed by atoms with E-state index in [0.717, 1.165) is 0 Å². The van der Waals surface area contributed by atoms with E-state index < -0.39 is 0 Å². The zero-order chi connectivity index (χ0) is 8.39. The number of benzene rings is 1. The number of tetrazole rings is 1. The minimum Gasteiger partial charge on any atom is -0.205 e. The first-order chi connectivity index (χ1) is 5.88. The molecule has 1 heterocycles. The van der Waals surface area contributed by atoms with E-state index in [1.54, 1.807) is 18.2 Å². The molecule has 2 aromatic rings. The van der Waals surface area contributed by atoms with Crippen LogP contribution in [0.2, 0.25) is 0 Å². The summed E-state index contributed by atoms with van der Waals surface area (Å²) in [5, 5.41) is 10.4. The minimum atomic E-state index is -0.343. The molecule has 0 radical (unpaired) electrons. The first-order valence-electron chi connectivity index (χ1n) is 3.36. The van der Waals surface area contributed by atoms with E-state index in [4.69, 9.17) is 0 Å². The van der Waals surface area contributed by atoms with Crippen LogP contribution >= 0.6 is 0 Å². The monoisotopic (exact) mass is 164 g/mol. The van der Waals surface area contributed by atoms with Gasteiger partial charge in [-0.2, -0.15) is 4.68 Å². The van der Waals surface area contributed by atoms with Crippen LogP contribution in [0.4, 0.5) is 4.39 Å². The van der Waals surface area contributed by atoms with Crippen molar-refractivity contribution in [2.24, 2.45) is 0 Å². The van der Waals surface area contributed by atoms with Gasteiger partial charge in [-0.15, -0.1) is 5.10 Å². The predicted molar refractivity (Wildman–Crippen MR) is 39.1 cm³/mol. The van der Waals surface area contributed by atoms with Crippen LogP contribution in [0.15, 0.2) is 30.6 Å². The van der Waals surface area contributed by atoms with Crippen molar-refractivity contribution in [3.05, 3.63) is 36.4 Å². The third kappa shape index (κ3) is 1.05. The maximum Gasteiger partial charge on any atom is 0.148 e. The molecule has 1 aromatic heterocycles. The molecule has 12 heavy (non-hydrogen) atoms. The van der Waals surface area contributed by atoms with E-state index in [9.17, 15) is 4.39 Å². The van der Waals surface area contributed by atoms with E-state index in [0.29, 0.717) is 5.69 Å². The van der Waals surface area contributed by atoms with E-state index >= 15 is 0 Å². The number of nitrogens with zero attached hydrogens (tertiary/aromatic N) is 4. The Morgan fingerprint density at radius 3 is 2.75 bits per heavy atom. The largest absolute Gasteiger partial charge is 0.205 e. The molecule has 0 atom stereocenters. The van der Waals surface area contributed by atoms with Crippen molar-refractivity contribution in [1.29, 1.82) is 0 Å². The van der Waals surface area contributed by atoms with Gasteiger partial charge in [-0.25, -0.2) is 4.39 Å². The second-order valence-electron chi connectivity index (χ2n) is 2.21. The Bertz CT molecular complexity index is 371. The molecule has 2 rings (SSSR count). The summed E-state index contributed by atoms with van der Waals surface area (Å²) in [6.07, 6.45) is 1.35. The fraction of sp³-hybridized carbons (Fsp3) is 0. The Hall–Kier alpha value is -1.78. The van der Waals surface area contributed by atoms with Crippen LogP contribution in [0.1, 0.15) is 0 Å². The number of aromatic nitrogens is 4. The molecular formula is C7H5FN4. The lowest BCUT2D eigenvalue weighted by Crippen LogP contribution is -1.97. The normalized spacial score (nSPS) is 10.1. The Labute approximate surface area is 67.6 Å². The molecule has 0 N–H and O–H groups in total. The maximum atomic E-state index is 13.0. The summed E-state index contributed by atoms with van der Waals surface area (Å²) in [5.41, 5.74) is 0.350. The highest BCUT2D eigenvalue weighted by molar-refractivity contribution is 5.30. The first kappa shape index (κ1) is 6.90. The zero-order valence-electron chi connectivity index (χ0n) is 6.05. The maximum absolute atomic E-state index is 13.0. The highest BCUT2D eigenvalue weighted by atomic mass is 19.1. The second kappa shape index (κ2) is 2.69. The molecule has 5 heteroatoms. The Morgan fingerprint density at radius 2 is 2.08 bits per heavy atom. The van der Waals surface area contributed by atoms with E-state index in [-0.39, 0.29) is 5.82 Å². The molecule has 0 amide bonds. The summed E-state index contributed by atoms with van der Waals surface area (Å²) >= 11 is 0. The molecule has 60 valence electrons. The van der Waals surface area contributed by atoms with E-state index in [1.807, 2.05) is 0 Å². The van der Waals surface area contributed by atoms with Gasteiger partial charge in [0.2, 0.25) is 0 Å². The average molecular weight is 164 g/mol. The summed E-state index contributed by atoms with van der Waals surface area (Å²) in [6.45, 7) is 0. The van der Waals surface area contributed by atoms with Crippen LogP contribution in [-0.2, 0) is 0 Å². The van der Waals surface area contributed by atoms with Gasteiger partial charge in [0.15, 0.2) is 0 Å². The summed E-state index contributed by atoms with van der Waals surface area (Å²) < 4.78 is 14.3. The van der Waals surface area contributed by atoms with Gasteiger partial charge in [-0.3, -0.25) is 0 Å². The smallest absolute Gasteiger partial charge is 0.148 e. The van der Waals surface area contributed by atoms with Gasteiger partial charge in [-0.1, -0.05) is 12.1 Å². The van der Waals surface area contributed by atoms with Crippen molar-refractivity contribution in [2.45, 2.75) is 0 Å². The number of rotatable bonds is 1. The van der Waals surface area contributed by atoms with E-state index in [1.165, 1.54) is 17.1 Å². The molecule has 0 saturated heterocycles. The fourth-order valence-corrected chi connectivity index (χ4v) is 0.909. The van der Waals surface area contributed by atoms with Gasteiger partial charge in [0.1, 0.15) is 17.8 Å². The molecule has 0 spiro atoms. The molecule has 0 unspecified atom stereocenters. The average Bonchev–Trinajstić information content (AvgIpc) is 2.57. The summed E-state index contributed by atoms with van der Waals surface area (Å²) in [7, 11) is 0. The Morgan fingerprint density at radius 1 is 1.25 bits per heavy atom. The van der Waals surface area contributed by atoms with Gasteiger partial charge in [0.05, 0.1) is 0 Å². The third-order valence-corrected chi connectivity index (χ3v) is 1.45. The second-order valence-corrected chi connectivity index (χ2v) is 2.21. The molecule has 0 bridgehead atoms. The van der Waals surface area contributed by atoms with Gasteiger partial charge in [0, 0.05) is 0 Å². The zero-order valence-corrected chi connectivity index (χ0v) is 6.05. The highest BCUT2D eigenvalue weighted by Crippen LogP contribution is 2.09.